The van der Waals surface area contributed by atoms with Crippen LogP contribution in [0.5, 0.6) is 0 Å². The maximum atomic E-state index is 11.2. The van der Waals surface area contributed by atoms with E-state index < -0.39 is 10.1 Å². The van der Waals surface area contributed by atoms with Gasteiger partial charge in [-0.3, -0.25) is 0 Å². The van der Waals surface area contributed by atoms with E-state index in [9.17, 15) is 13.0 Å². The van der Waals surface area contributed by atoms with E-state index in [0.717, 1.165) is 19.4 Å². The summed E-state index contributed by atoms with van der Waals surface area (Å²) < 4.78 is 33.5. The predicted octanol–water partition coefficient (Wildman–Crippen LogP) is 10.5. The maximum absolute atomic E-state index is 11.2. The molecule has 0 heterocycles. The van der Waals surface area contributed by atoms with Gasteiger partial charge < -0.3 is 9.87 Å². The van der Waals surface area contributed by atoms with Crippen molar-refractivity contribution in [1.82, 2.24) is 5.32 Å². The second-order valence-electron chi connectivity index (χ2n) is 14.5. The van der Waals surface area contributed by atoms with Gasteiger partial charge in [-0.15, -0.1) is 12.4 Å². The van der Waals surface area contributed by atoms with Crippen molar-refractivity contribution in [2.75, 3.05) is 6.54 Å². The first-order chi connectivity index (χ1) is 23.2. The predicted molar refractivity (Wildman–Crippen MR) is 215 cm³/mol. The zero-order valence-electron chi connectivity index (χ0n) is 33.1. The van der Waals surface area contributed by atoms with Gasteiger partial charge in [0, 0.05) is 5.54 Å². The smallest absolute Gasteiger partial charge is 0.744 e. The summed E-state index contributed by atoms with van der Waals surface area (Å²) in [6.45, 7) is 10.2. The van der Waals surface area contributed by atoms with Gasteiger partial charge in [-0.25, -0.2) is 8.42 Å². The van der Waals surface area contributed by atoms with E-state index in [2.05, 4.69) is 63.3 Å². The molecule has 284 valence electrons. The van der Waals surface area contributed by atoms with Crippen molar-refractivity contribution >= 4 is 22.5 Å². The summed E-state index contributed by atoms with van der Waals surface area (Å²) in [5.74, 6) is 0. The number of rotatable bonds is 29. The zero-order chi connectivity index (χ0) is 35.2. The Morgan fingerprint density at radius 2 is 0.900 bits per heavy atom. The molecule has 0 aliphatic heterocycles. The van der Waals surface area contributed by atoms with Gasteiger partial charge in [-0.05, 0) is 56.8 Å². The van der Waals surface area contributed by atoms with Gasteiger partial charge in [0.2, 0.25) is 0 Å². The molecule has 0 radical (unpaired) electrons. The largest absolute Gasteiger partial charge is 1.00 e. The Hall–Kier alpha value is -0.400. The molecular weight excluding hydrogens is 669 g/mol. The standard InChI is InChI=1S/C25H45N.C18H30O3S.ClH.Na/c1-4-5-6-7-8-9-10-11-12-13-14-15-16-20-23-26-25(2,3)24-21-18-17-19-22-24;1-2-3-4-5-6-7-8-9-10-11-14-17-15-12-13-16-18(17)22(19,20)21;;/h17-19,21-22,26H,4-16,20,23H2,1-3H3;12-13,15-16H,2-11,14H2,1H3,(H,19,20,21);1H;/q;;;+1/p-1. The van der Waals surface area contributed by atoms with Gasteiger partial charge in [0.25, 0.3) is 0 Å². The normalized spacial score (nSPS) is 11.3. The first kappa shape index (κ1) is 51.7. The van der Waals surface area contributed by atoms with Crippen LogP contribution >= 0.6 is 12.4 Å². The number of halogens is 1. The van der Waals surface area contributed by atoms with Crippen LogP contribution in [0.25, 0.3) is 0 Å². The number of hydrogen-bond acceptors (Lipinski definition) is 4. The van der Waals surface area contributed by atoms with E-state index in [-0.39, 0.29) is 52.4 Å². The Balaban J connectivity index is 0. The van der Waals surface area contributed by atoms with Gasteiger partial charge in [0.1, 0.15) is 10.1 Å². The van der Waals surface area contributed by atoms with E-state index in [4.69, 9.17) is 0 Å². The zero-order valence-corrected chi connectivity index (χ0v) is 36.8. The minimum absolute atomic E-state index is 0. The summed E-state index contributed by atoms with van der Waals surface area (Å²) in [4.78, 5) is -0.0501. The van der Waals surface area contributed by atoms with Crippen LogP contribution in [-0.2, 0) is 22.1 Å². The van der Waals surface area contributed by atoms with E-state index in [0.29, 0.717) is 12.0 Å². The summed E-state index contributed by atoms with van der Waals surface area (Å²) >= 11 is 0. The van der Waals surface area contributed by atoms with Crippen LogP contribution in [0.15, 0.2) is 59.5 Å². The van der Waals surface area contributed by atoms with Crippen LogP contribution in [0.3, 0.4) is 0 Å². The minimum Gasteiger partial charge on any atom is -0.744 e. The average molecular weight is 745 g/mol. The van der Waals surface area contributed by atoms with Crippen LogP contribution < -0.4 is 34.9 Å². The van der Waals surface area contributed by atoms with Crippen molar-refractivity contribution in [3.63, 3.8) is 0 Å². The van der Waals surface area contributed by atoms with Gasteiger partial charge in [0.05, 0.1) is 4.90 Å². The van der Waals surface area contributed by atoms with Crippen molar-refractivity contribution in [2.24, 2.45) is 0 Å². The average Bonchev–Trinajstić information content (AvgIpc) is 3.08. The third-order valence-electron chi connectivity index (χ3n) is 9.63. The Bertz CT molecular complexity index is 1110. The van der Waals surface area contributed by atoms with Crippen molar-refractivity contribution in [3.8, 4) is 0 Å². The summed E-state index contributed by atoms with van der Waals surface area (Å²) in [7, 11) is -4.35. The molecule has 2 aromatic rings. The summed E-state index contributed by atoms with van der Waals surface area (Å²) in [6, 6.07) is 17.3. The van der Waals surface area contributed by atoms with E-state index >= 15 is 0 Å². The number of hydrogen-bond donors (Lipinski definition) is 1. The van der Waals surface area contributed by atoms with Crippen LogP contribution in [-0.4, -0.2) is 19.5 Å². The van der Waals surface area contributed by atoms with Crippen LogP contribution in [0.1, 0.15) is 193 Å². The molecule has 2 aromatic carbocycles. The van der Waals surface area contributed by atoms with E-state index in [1.807, 2.05) is 0 Å². The van der Waals surface area contributed by atoms with Crippen molar-refractivity contribution in [1.29, 1.82) is 0 Å². The molecular formula is C43H75ClNNaO3S. The number of unbranched alkanes of at least 4 members (excludes halogenated alkanes) is 22. The van der Waals surface area contributed by atoms with E-state index in [1.54, 1.807) is 18.2 Å². The molecule has 0 aliphatic carbocycles. The molecule has 0 aromatic heterocycles. The molecule has 0 unspecified atom stereocenters. The second-order valence-corrected chi connectivity index (χ2v) is 15.9. The summed E-state index contributed by atoms with van der Waals surface area (Å²) in [6.07, 6.45) is 33.1. The molecule has 0 spiro atoms. The fourth-order valence-corrected chi connectivity index (χ4v) is 7.17. The van der Waals surface area contributed by atoms with Crippen LogP contribution in [0.4, 0.5) is 0 Å². The Labute approximate surface area is 339 Å². The molecule has 0 fully saturated rings. The maximum Gasteiger partial charge on any atom is 1.00 e. The first-order valence-electron chi connectivity index (χ1n) is 20.1. The monoisotopic (exact) mass is 744 g/mol. The fraction of sp³-hybridized carbons (Fsp3) is 0.721. The second kappa shape index (κ2) is 34.4. The van der Waals surface area contributed by atoms with Crippen molar-refractivity contribution in [3.05, 3.63) is 65.7 Å². The number of aryl methyl sites for hydroxylation is 1. The van der Waals surface area contributed by atoms with Crippen LogP contribution in [0, 0.1) is 0 Å². The van der Waals surface area contributed by atoms with Gasteiger partial charge in [-0.1, -0.05) is 204 Å². The van der Waals surface area contributed by atoms with Crippen molar-refractivity contribution < 1.29 is 42.5 Å². The Morgan fingerprint density at radius 1 is 0.540 bits per heavy atom. The Kier molecular flexibility index (Phi) is 35.5. The van der Waals surface area contributed by atoms with Crippen molar-refractivity contribution in [2.45, 2.75) is 199 Å². The van der Waals surface area contributed by atoms with Gasteiger partial charge in [-0.2, -0.15) is 0 Å². The molecule has 0 saturated carbocycles. The molecule has 2 rings (SSSR count). The van der Waals surface area contributed by atoms with Gasteiger partial charge >= 0.3 is 29.6 Å². The third-order valence-corrected chi connectivity index (χ3v) is 10.6. The first-order valence-corrected chi connectivity index (χ1v) is 21.5. The summed E-state index contributed by atoms with van der Waals surface area (Å²) in [5, 5.41) is 3.72. The molecule has 1 N–H and O–H groups in total. The summed E-state index contributed by atoms with van der Waals surface area (Å²) in [5.41, 5.74) is 2.13. The molecule has 0 amide bonds. The molecule has 0 atom stereocenters. The minimum atomic E-state index is -4.35. The molecule has 50 heavy (non-hydrogen) atoms. The fourth-order valence-electron chi connectivity index (χ4n) is 6.43. The molecule has 0 saturated heterocycles. The molecule has 7 heteroatoms. The molecule has 0 bridgehead atoms. The molecule has 4 nitrogen and oxygen atoms in total. The number of benzene rings is 2. The third kappa shape index (κ3) is 28.1. The van der Waals surface area contributed by atoms with Crippen LogP contribution in [0.2, 0.25) is 0 Å². The SMILES string of the molecule is CCCCCCCCCCCCCCCCNC(C)(C)c1ccccc1.CCCCCCCCCCCCc1ccccc1S(=O)(=O)[O-].Cl.[Na+]. The Morgan fingerprint density at radius 3 is 1.32 bits per heavy atom. The topological polar surface area (TPSA) is 69.2 Å². The molecule has 0 aliphatic rings. The van der Waals surface area contributed by atoms with Gasteiger partial charge in [0.15, 0.2) is 0 Å². The quantitative estimate of drug-likeness (QED) is 0.0512. The number of nitrogens with one attached hydrogen (secondary N) is 1. The van der Waals surface area contributed by atoms with E-state index in [1.165, 1.54) is 153 Å².